The molecule has 0 saturated heterocycles. The number of hydrogen-bond donors (Lipinski definition) is 0. The van der Waals surface area contributed by atoms with Gasteiger partial charge in [-0.3, -0.25) is 0 Å². The van der Waals surface area contributed by atoms with Gasteiger partial charge in [-0.15, -0.1) is 0 Å². The van der Waals surface area contributed by atoms with Gasteiger partial charge in [-0.25, -0.2) is 0 Å². The van der Waals surface area contributed by atoms with Gasteiger partial charge in [0.1, 0.15) is 0 Å². The third kappa shape index (κ3) is 2.29. The highest BCUT2D eigenvalue weighted by molar-refractivity contribution is 5.63. The summed E-state index contributed by atoms with van der Waals surface area (Å²) in [6.07, 6.45) is 3.75. The van der Waals surface area contributed by atoms with E-state index in [-0.39, 0.29) is 0 Å². The lowest BCUT2D eigenvalue weighted by Crippen LogP contribution is -2.05. The normalized spacial score (nSPS) is 13.3. The van der Waals surface area contributed by atoms with E-state index in [0.717, 1.165) is 6.54 Å². The van der Waals surface area contributed by atoms with Gasteiger partial charge in [0, 0.05) is 17.9 Å². The number of hydrogen-bond acceptors (Lipinski definition) is 0. The Morgan fingerprint density at radius 2 is 1.52 bits per heavy atom. The van der Waals surface area contributed by atoms with Gasteiger partial charge >= 0.3 is 0 Å². The van der Waals surface area contributed by atoms with E-state index in [1.165, 1.54) is 41.8 Å². The zero-order chi connectivity index (χ0) is 14.1. The van der Waals surface area contributed by atoms with E-state index >= 15 is 0 Å². The molecule has 3 aromatic rings. The molecular weight excluding hydrogens is 254 g/mol. The summed E-state index contributed by atoms with van der Waals surface area (Å²) < 4.78 is 2.52. The average Bonchev–Trinajstić information content (AvgIpc) is 3.12. The van der Waals surface area contributed by atoms with E-state index < -0.39 is 0 Å². The van der Waals surface area contributed by atoms with Crippen LogP contribution in [0.1, 0.15) is 23.2 Å². The van der Waals surface area contributed by atoms with E-state index in [1.54, 1.807) is 5.56 Å². The van der Waals surface area contributed by atoms with Gasteiger partial charge in [-0.2, -0.15) is 0 Å². The maximum absolute atomic E-state index is 2.52. The molecule has 0 atom stereocenters. The minimum Gasteiger partial charge on any atom is -0.340 e. The molecule has 0 amide bonds. The second-order valence-corrected chi connectivity index (χ2v) is 5.79. The summed E-state index contributed by atoms with van der Waals surface area (Å²) in [5, 5.41) is 0. The van der Waals surface area contributed by atoms with E-state index in [1.807, 2.05) is 0 Å². The zero-order valence-corrected chi connectivity index (χ0v) is 12.1. The molecule has 0 N–H and O–H groups in total. The van der Waals surface area contributed by atoms with Crippen molar-refractivity contribution >= 4 is 0 Å². The lowest BCUT2D eigenvalue weighted by molar-refractivity contribution is 0.749. The van der Waals surface area contributed by atoms with Crippen LogP contribution in [0.3, 0.4) is 0 Å². The summed E-state index contributed by atoms with van der Waals surface area (Å²) in [6, 6.07) is 23.9. The Bertz CT molecular complexity index is 738. The second-order valence-electron chi connectivity index (χ2n) is 5.79. The predicted molar refractivity (Wildman–Crippen MR) is 87.4 cm³/mol. The first-order valence-electron chi connectivity index (χ1n) is 7.72. The van der Waals surface area contributed by atoms with Crippen LogP contribution in [0.25, 0.3) is 11.3 Å². The van der Waals surface area contributed by atoms with E-state index in [0.29, 0.717) is 0 Å². The first kappa shape index (κ1) is 12.5. The van der Waals surface area contributed by atoms with Gasteiger partial charge < -0.3 is 4.57 Å². The van der Waals surface area contributed by atoms with Gasteiger partial charge in [0.05, 0.1) is 0 Å². The SMILES string of the molecule is c1ccc(Cn2c(-c3ccccc3)cc3c2CCC3)cc1. The summed E-state index contributed by atoms with van der Waals surface area (Å²) in [6.45, 7) is 0.973. The topological polar surface area (TPSA) is 4.93 Å². The molecule has 4 rings (SSSR count). The van der Waals surface area contributed by atoms with Gasteiger partial charge in [0.25, 0.3) is 0 Å². The van der Waals surface area contributed by atoms with Crippen molar-refractivity contribution in [3.63, 3.8) is 0 Å². The van der Waals surface area contributed by atoms with E-state index in [4.69, 9.17) is 0 Å². The maximum Gasteiger partial charge on any atom is 0.0488 e. The van der Waals surface area contributed by atoms with Gasteiger partial charge in [-0.05, 0) is 42.0 Å². The average molecular weight is 273 g/mol. The Hall–Kier alpha value is -2.28. The standard InChI is InChI=1S/C20H19N/c1-3-8-16(9-4-1)15-21-19-13-7-12-18(19)14-20(21)17-10-5-2-6-11-17/h1-6,8-11,14H,7,12-13,15H2. The summed E-state index contributed by atoms with van der Waals surface area (Å²) in [4.78, 5) is 0. The molecule has 1 aromatic heterocycles. The van der Waals surface area contributed by atoms with Gasteiger partial charge in [-0.1, -0.05) is 60.7 Å². The van der Waals surface area contributed by atoms with Crippen LogP contribution < -0.4 is 0 Å². The van der Waals surface area contributed by atoms with Crippen molar-refractivity contribution < 1.29 is 0 Å². The highest BCUT2D eigenvalue weighted by Gasteiger charge is 2.20. The van der Waals surface area contributed by atoms with Crippen molar-refractivity contribution in [2.45, 2.75) is 25.8 Å². The van der Waals surface area contributed by atoms with E-state index in [2.05, 4.69) is 71.3 Å². The smallest absolute Gasteiger partial charge is 0.0488 e. The molecular formula is C20H19N. The van der Waals surface area contributed by atoms with Gasteiger partial charge in [0.2, 0.25) is 0 Å². The van der Waals surface area contributed by atoms with Crippen LogP contribution in [0.2, 0.25) is 0 Å². The highest BCUT2D eigenvalue weighted by atomic mass is 15.0. The van der Waals surface area contributed by atoms with Crippen molar-refractivity contribution in [3.8, 4) is 11.3 Å². The molecule has 1 nitrogen and oxygen atoms in total. The van der Waals surface area contributed by atoms with Gasteiger partial charge in [0.15, 0.2) is 0 Å². The summed E-state index contributed by atoms with van der Waals surface area (Å²) in [5.74, 6) is 0. The van der Waals surface area contributed by atoms with Crippen molar-refractivity contribution in [2.24, 2.45) is 0 Å². The molecule has 0 unspecified atom stereocenters. The number of rotatable bonds is 3. The maximum atomic E-state index is 2.52. The Kier molecular flexibility index (Phi) is 3.11. The number of nitrogens with zero attached hydrogens (tertiary/aromatic N) is 1. The second kappa shape index (κ2) is 5.25. The fourth-order valence-corrected chi connectivity index (χ4v) is 3.40. The minimum atomic E-state index is 0.973. The first-order valence-corrected chi connectivity index (χ1v) is 7.72. The Balaban J connectivity index is 1.81. The molecule has 2 aromatic carbocycles. The summed E-state index contributed by atoms with van der Waals surface area (Å²) in [7, 11) is 0. The lowest BCUT2D eigenvalue weighted by Gasteiger charge is -2.13. The molecule has 0 spiro atoms. The molecule has 0 radical (unpaired) electrons. The quantitative estimate of drug-likeness (QED) is 0.652. The number of benzene rings is 2. The van der Waals surface area contributed by atoms with Crippen LogP contribution in [-0.4, -0.2) is 4.57 Å². The Labute approximate surface area is 125 Å². The fourth-order valence-electron chi connectivity index (χ4n) is 3.40. The fraction of sp³-hybridized carbons (Fsp3) is 0.200. The van der Waals surface area contributed by atoms with Crippen LogP contribution >= 0.6 is 0 Å². The number of aromatic nitrogens is 1. The lowest BCUT2D eigenvalue weighted by atomic mass is 10.1. The van der Waals surface area contributed by atoms with Crippen LogP contribution in [0, 0.1) is 0 Å². The van der Waals surface area contributed by atoms with Crippen molar-refractivity contribution in [2.75, 3.05) is 0 Å². The number of aryl methyl sites for hydroxylation is 1. The third-order valence-corrected chi connectivity index (χ3v) is 4.41. The minimum absolute atomic E-state index is 0.973. The van der Waals surface area contributed by atoms with Crippen LogP contribution in [0.4, 0.5) is 0 Å². The summed E-state index contributed by atoms with van der Waals surface area (Å²) >= 11 is 0. The number of fused-ring (bicyclic) bond motifs is 1. The van der Waals surface area contributed by atoms with Crippen molar-refractivity contribution in [3.05, 3.63) is 83.6 Å². The third-order valence-electron chi connectivity index (χ3n) is 4.41. The molecule has 1 aliphatic rings. The Morgan fingerprint density at radius 3 is 2.29 bits per heavy atom. The molecule has 0 aliphatic heterocycles. The molecule has 1 heterocycles. The predicted octanol–water partition coefficient (Wildman–Crippen LogP) is 4.69. The molecule has 104 valence electrons. The molecule has 1 aliphatic carbocycles. The van der Waals surface area contributed by atoms with Crippen LogP contribution in [-0.2, 0) is 19.4 Å². The largest absolute Gasteiger partial charge is 0.340 e. The molecule has 1 heteroatoms. The van der Waals surface area contributed by atoms with Crippen LogP contribution in [0.15, 0.2) is 66.7 Å². The zero-order valence-electron chi connectivity index (χ0n) is 12.1. The van der Waals surface area contributed by atoms with E-state index in [9.17, 15) is 0 Å². The monoisotopic (exact) mass is 273 g/mol. The summed E-state index contributed by atoms with van der Waals surface area (Å²) in [5.41, 5.74) is 7.15. The van der Waals surface area contributed by atoms with Crippen molar-refractivity contribution in [1.82, 2.24) is 4.57 Å². The molecule has 21 heavy (non-hydrogen) atoms. The van der Waals surface area contributed by atoms with Crippen LogP contribution in [0.5, 0.6) is 0 Å². The molecule has 0 bridgehead atoms. The Morgan fingerprint density at radius 1 is 0.810 bits per heavy atom. The highest BCUT2D eigenvalue weighted by Crippen LogP contribution is 2.32. The molecule has 0 saturated carbocycles. The molecule has 0 fully saturated rings. The first-order chi connectivity index (χ1) is 10.4. The van der Waals surface area contributed by atoms with Crippen molar-refractivity contribution in [1.29, 1.82) is 0 Å².